The van der Waals surface area contributed by atoms with Gasteiger partial charge in [-0.2, -0.15) is 0 Å². The Labute approximate surface area is 191 Å². The van der Waals surface area contributed by atoms with E-state index in [0.29, 0.717) is 17.4 Å². The van der Waals surface area contributed by atoms with Crippen molar-refractivity contribution in [2.75, 3.05) is 24.7 Å². The van der Waals surface area contributed by atoms with Gasteiger partial charge in [0.1, 0.15) is 6.67 Å². The lowest BCUT2D eigenvalue weighted by Crippen LogP contribution is -2.57. The van der Waals surface area contributed by atoms with Crippen molar-refractivity contribution in [3.63, 3.8) is 0 Å². The van der Waals surface area contributed by atoms with Gasteiger partial charge in [-0.15, -0.1) is 10.2 Å². The Bertz CT molecular complexity index is 1110. The molecule has 0 radical (unpaired) electrons. The van der Waals surface area contributed by atoms with Crippen LogP contribution in [-0.2, 0) is 0 Å². The summed E-state index contributed by atoms with van der Waals surface area (Å²) in [4.78, 5) is 7.65. The van der Waals surface area contributed by atoms with Gasteiger partial charge in [-0.3, -0.25) is 9.12 Å². The molecule has 2 atom stereocenters. The van der Waals surface area contributed by atoms with Crippen LogP contribution in [0.25, 0.3) is 16.3 Å². The second-order valence-corrected chi connectivity index (χ2v) is 10.4. The fourth-order valence-corrected chi connectivity index (χ4v) is 5.46. The number of halogens is 3. The summed E-state index contributed by atoms with van der Waals surface area (Å²) in [6, 6.07) is 1.77. The zero-order chi connectivity index (χ0) is 22.5. The highest BCUT2D eigenvalue weighted by molar-refractivity contribution is 7.97. The summed E-state index contributed by atoms with van der Waals surface area (Å²) in [7, 11) is 0. The van der Waals surface area contributed by atoms with E-state index in [4.69, 9.17) is 0 Å². The van der Waals surface area contributed by atoms with E-state index >= 15 is 0 Å². The van der Waals surface area contributed by atoms with E-state index in [1.165, 1.54) is 0 Å². The quantitative estimate of drug-likeness (QED) is 0.491. The minimum Gasteiger partial charge on any atom is -0.364 e. The summed E-state index contributed by atoms with van der Waals surface area (Å²) in [6.07, 6.45) is 3.24. The normalized spacial score (nSPS) is 22.8. The van der Waals surface area contributed by atoms with Gasteiger partial charge in [0.05, 0.1) is 23.4 Å². The highest BCUT2D eigenvalue weighted by atomic mass is 32.2. The number of alkyl halides is 3. The second kappa shape index (κ2) is 8.47. The van der Waals surface area contributed by atoms with Crippen LogP contribution < -0.4 is 14.9 Å². The van der Waals surface area contributed by atoms with Crippen molar-refractivity contribution in [2.24, 2.45) is 0 Å². The number of nitrogens with one attached hydrogen (secondary N) is 2. The van der Waals surface area contributed by atoms with Crippen LogP contribution >= 0.6 is 23.3 Å². The van der Waals surface area contributed by atoms with Crippen LogP contribution in [0.4, 0.5) is 18.9 Å². The van der Waals surface area contributed by atoms with Crippen molar-refractivity contribution in [1.82, 2.24) is 29.6 Å². The molecule has 1 aliphatic carbocycles. The summed E-state index contributed by atoms with van der Waals surface area (Å²) in [5.74, 6) is 0.468. The van der Waals surface area contributed by atoms with Gasteiger partial charge < -0.3 is 10.2 Å². The predicted molar refractivity (Wildman–Crippen MR) is 120 cm³/mol. The molecule has 12 heteroatoms. The predicted octanol–water partition coefficient (Wildman–Crippen LogP) is 4.08. The highest BCUT2D eigenvalue weighted by Gasteiger charge is 2.37. The molecule has 2 aliphatic rings. The number of anilines is 1. The number of nitrogens with zero attached hydrogens (tertiary/aromatic N) is 5. The van der Waals surface area contributed by atoms with E-state index in [9.17, 15) is 13.2 Å². The Hall–Kier alpha value is -1.89. The number of rotatable bonds is 7. The number of pyridine rings is 1. The van der Waals surface area contributed by atoms with Crippen LogP contribution in [0.15, 0.2) is 23.4 Å². The van der Waals surface area contributed by atoms with E-state index in [1.54, 1.807) is 18.1 Å². The lowest BCUT2D eigenvalue weighted by atomic mass is 10.1. The number of imidazole rings is 1. The average Bonchev–Trinajstić information content (AvgIpc) is 3.17. The Morgan fingerprint density at radius 2 is 2.19 bits per heavy atom. The third kappa shape index (κ3) is 4.09. The zero-order valence-electron chi connectivity index (χ0n) is 17.7. The molecule has 1 saturated heterocycles. The molecule has 1 aliphatic heterocycles. The maximum atomic E-state index is 13.6. The molecule has 2 unspecified atom stereocenters. The zero-order valence-corrected chi connectivity index (χ0v) is 19.3. The Morgan fingerprint density at radius 1 is 1.38 bits per heavy atom. The smallest absolute Gasteiger partial charge is 0.291 e. The standard InChI is InChI=1S/C20H24F3N7S2/c1-11-13(8-21)24-5-6-29(11)14-7-12(32-28-20(2)3-4-20)10-30-15(14)9-25-17(30)19-27-26-18(31-19)16(22)23/h7,9-11,13,16,24,28H,3-6,8H2,1-2H3. The van der Waals surface area contributed by atoms with Crippen molar-refractivity contribution in [3.8, 4) is 10.8 Å². The molecular formula is C20H24F3N7S2. The van der Waals surface area contributed by atoms with Crippen LogP contribution in [0.2, 0.25) is 0 Å². The SMILES string of the molecule is CC1C(CF)NCCN1c1cc(SNC2(C)CC2)cn2c(-c3nnc(C(F)F)s3)ncc12. The first-order chi connectivity index (χ1) is 15.4. The molecule has 1 saturated carbocycles. The number of fused-ring (bicyclic) bond motifs is 1. The van der Waals surface area contributed by atoms with Gasteiger partial charge in [-0.1, -0.05) is 11.3 Å². The molecule has 3 aromatic heterocycles. The van der Waals surface area contributed by atoms with Crippen LogP contribution in [-0.4, -0.2) is 57.0 Å². The Balaban J connectivity index is 1.58. The summed E-state index contributed by atoms with van der Waals surface area (Å²) in [6.45, 7) is 5.13. The maximum Gasteiger partial charge on any atom is 0.291 e. The van der Waals surface area contributed by atoms with E-state index in [2.05, 4.69) is 43.1 Å². The third-order valence-corrected chi connectivity index (χ3v) is 8.12. The number of aromatic nitrogens is 4. The molecule has 7 nitrogen and oxygen atoms in total. The summed E-state index contributed by atoms with van der Waals surface area (Å²) in [5.41, 5.74) is 1.88. The third-order valence-electron chi connectivity index (χ3n) is 6.14. The molecular weight excluding hydrogens is 459 g/mol. The molecule has 32 heavy (non-hydrogen) atoms. The molecule has 0 aromatic carbocycles. The number of hydrogen-bond donors (Lipinski definition) is 2. The van der Waals surface area contributed by atoms with Crippen molar-refractivity contribution >= 4 is 34.5 Å². The fraction of sp³-hybridized carbons (Fsp3) is 0.550. The minimum absolute atomic E-state index is 0.0583. The Morgan fingerprint density at radius 3 is 2.88 bits per heavy atom. The highest BCUT2D eigenvalue weighted by Crippen LogP contribution is 2.39. The molecule has 0 amide bonds. The first kappa shape index (κ1) is 21.9. The molecule has 4 heterocycles. The largest absolute Gasteiger partial charge is 0.364 e. The van der Waals surface area contributed by atoms with E-state index in [0.717, 1.165) is 46.8 Å². The van der Waals surface area contributed by atoms with E-state index in [-0.39, 0.29) is 22.6 Å². The average molecular weight is 484 g/mol. The van der Waals surface area contributed by atoms with Gasteiger partial charge in [0.2, 0.25) is 0 Å². The van der Waals surface area contributed by atoms with Crippen molar-refractivity contribution in [1.29, 1.82) is 0 Å². The summed E-state index contributed by atoms with van der Waals surface area (Å²) < 4.78 is 45.1. The summed E-state index contributed by atoms with van der Waals surface area (Å²) in [5, 5.41) is 10.8. The van der Waals surface area contributed by atoms with Crippen LogP contribution in [0.1, 0.15) is 38.1 Å². The maximum absolute atomic E-state index is 13.6. The van der Waals surface area contributed by atoms with E-state index < -0.39 is 13.1 Å². The lowest BCUT2D eigenvalue weighted by Gasteiger charge is -2.41. The summed E-state index contributed by atoms with van der Waals surface area (Å²) >= 11 is 2.38. The van der Waals surface area contributed by atoms with Crippen molar-refractivity contribution in [2.45, 2.75) is 55.6 Å². The number of piperazine rings is 1. The second-order valence-electron chi connectivity index (χ2n) is 8.56. The first-order valence-corrected chi connectivity index (χ1v) is 12.1. The fourth-order valence-electron chi connectivity index (χ4n) is 3.87. The molecule has 2 fully saturated rings. The van der Waals surface area contributed by atoms with Gasteiger partial charge in [0, 0.05) is 35.8 Å². The molecule has 3 aromatic rings. The minimum atomic E-state index is -2.67. The van der Waals surface area contributed by atoms with Crippen molar-refractivity contribution in [3.05, 3.63) is 23.5 Å². The molecule has 0 bridgehead atoms. The van der Waals surface area contributed by atoms with Gasteiger partial charge in [0.15, 0.2) is 15.8 Å². The van der Waals surface area contributed by atoms with Gasteiger partial charge in [-0.25, -0.2) is 18.2 Å². The monoisotopic (exact) mass is 483 g/mol. The van der Waals surface area contributed by atoms with Gasteiger partial charge in [0.25, 0.3) is 6.43 Å². The first-order valence-electron chi connectivity index (χ1n) is 10.5. The van der Waals surface area contributed by atoms with Crippen LogP contribution in [0.3, 0.4) is 0 Å². The van der Waals surface area contributed by atoms with Crippen LogP contribution in [0.5, 0.6) is 0 Å². The molecule has 0 spiro atoms. The molecule has 5 rings (SSSR count). The lowest BCUT2D eigenvalue weighted by molar-refractivity contribution is 0.150. The molecule has 172 valence electrons. The Kier molecular flexibility index (Phi) is 5.81. The van der Waals surface area contributed by atoms with Gasteiger partial charge in [-0.05, 0) is 44.7 Å². The van der Waals surface area contributed by atoms with Gasteiger partial charge >= 0.3 is 0 Å². The molecule has 2 N–H and O–H groups in total. The number of hydrogen-bond acceptors (Lipinski definition) is 8. The van der Waals surface area contributed by atoms with E-state index in [1.807, 2.05) is 17.5 Å². The topological polar surface area (TPSA) is 70.4 Å². The van der Waals surface area contributed by atoms with Crippen LogP contribution in [0, 0.1) is 0 Å². The van der Waals surface area contributed by atoms with Crippen molar-refractivity contribution < 1.29 is 13.2 Å².